The predicted molar refractivity (Wildman–Crippen MR) is 58.8 cm³/mol. The number of aromatic nitrogens is 2. The average Bonchev–Trinajstić information content (AvgIpc) is 2.69. The Kier molecular flexibility index (Phi) is 3.93. The molecule has 0 spiro atoms. The third kappa shape index (κ3) is 3.15. The average molecular weight is 262 g/mol. The molecule has 2 rings (SSSR count). The number of nitro groups is 1. The van der Waals surface area contributed by atoms with Crippen molar-refractivity contribution in [2.24, 2.45) is 0 Å². The van der Waals surface area contributed by atoms with Crippen LogP contribution in [0, 0.1) is 10.1 Å². The monoisotopic (exact) mass is 261 g/mol. The predicted octanol–water partition coefficient (Wildman–Crippen LogP) is 1.60. The number of nitrogens with zero attached hydrogens (tertiary/aromatic N) is 3. The van der Waals surface area contributed by atoms with Crippen LogP contribution >= 0.6 is 11.6 Å². The Labute approximate surface area is 102 Å². The zero-order chi connectivity index (χ0) is 12.3. The van der Waals surface area contributed by atoms with Gasteiger partial charge in [-0.05, 0) is 11.3 Å². The van der Waals surface area contributed by atoms with E-state index in [1.807, 2.05) is 0 Å². The first-order chi connectivity index (χ1) is 8.16. The van der Waals surface area contributed by atoms with Crippen LogP contribution in [0.2, 0.25) is 5.02 Å². The fourth-order valence-corrected chi connectivity index (χ4v) is 1.79. The molecule has 1 aliphatic heterocycles. The molecule has 0 atom stereocenters. The minimum Gasteiger partial charge on any atom is -0.358 e. The largest absolute Gasteiger partial charge is 0.408 e. The molecule has 0 N–H and O–H groups in total. The van der Waals surface area contributed by atoms with Gasteiger partial charge >= 0.3 is 5.82 Å². The van der Waals surface area contributed by atoms with Crippen molar-refractivity contribution < 1.29 is 14.4 Å². The Morgan fingerprint density at radius 3 is 2.88 bits per heavy atom. The minimum absolute atomic E-state index is 0.0421. The van der Waals surface area contributed by atoms with Gasteiger partial charge in [0, 0.05) is 6.42 Å². The summed E-state index contributed by atoms with van der Waals surface area (Å²) in [6, 6.07) is 0. The first-order valence-electron chi connectivity index (χ1n) is 5.27. The van der Waals surface area contributed by atoms with Gasteiger partial charge in [0.15, 0.2) is 11.3 Å². The van der Waals surface area contributed by atoms with Crippen LogP contribution in [0.5, 0.6) is 0 Å². The molecule has 1 saturated heterocycles. The van der Waals surface area contributed by atoms with Crippen molar-refractivity contribution in [3.63, 3.8) is 0 Å². The third-order valence-electron chi connectivity index (χ3n) is 2.36. The highest BCUT2D eigenvalue weighted by atomic mass is 35.5. The Balaban J connectivity index is 1.90. The standard InChI is InChI=1S/C9H12ClN3O4/c10-7-6-12(11-9(7)13(14)15)3-2-8-16-4-1-5-17-8/h6,8H,1-5H2. The van der Waals surface area contributed by atoms with Crippen molar-refractivity contribution >= 4 is 17.4 Å². The lowest BCUT2D eigenvalue weighted by molar-refractivity contribution is -0.389. The summed E-state index contributed by atoms with van der Waals surface area (Å²) in [5.74, 6) is -0.322. The molecule has 0 amide bonds. The molecule has 0 aromatic carbocycles. The van der Waals surface area contributed by atoms with Gasteiger partial charge in [0.25, 0.3) is 0 Å². The maximum Gasteiger partial charge on any atom is 0.408 e. The highest BCUT2D eigenvalue weighted by Gasteiger charge is 2.20. The van der Waals surface area contributed by atoms with Crippen molar-refractivity contribution in [2.75, 3.05) is 13.2 Å². The van der Waals surface area contributed by atoms with Crippen LogP contribution < -0.4 is 0 Å². The van der Waals surface area contributed by atoms with Crippen LogP contribution in [0.4, 0.5) is 5.82 Å². The number of hydrogen-bond donors (Lipinski definition) is 0. The summed E-state index contributed by atoms with van der Waals surface area (Å²) in [6.45, 7) is 1.84. The lowest BCUT2D eigenvalue weighted by Crippen LogP contribution is -2.26. The molecule has 7 nitrogen and oxygen atoms in total. The van der Waals surface area contributed by atoms with E-state index in [-0.39, 0.29) is 17.1 Å². The molecule has 0 bridgehead atoms. The van der Waals surface area contributed by atoms with Gasteiger partial charge in [0.1, 0.15) is 0 Å². The van der Waals surface area contributed by atoms with E-state index in [4.69, 9.17) is 21.1 Å². The van der Waals surface area contributed by atoms with Crippen molar-refractivity contribution in [3.8, 4) is 0 Å². The Hall–Kier alpha value is -1.18. The zero-order valence-electron chi connectivity index (χ0n) is 9.04. The summed E-state index contributed by atoms with van der Waals surface area (Å²) in [6.07, 6.45) is 2.67. The molecular weight excluding hydrogens is 250 g/mol. The molecule has 0 unspecified atom stereocenters. The third-order valence-corrected chi connectivity index (χ3v) is 2.63. The van der Waals surface area contributed by atoms with Gasteiger partial charge in [-0.15, -0.1) is 0 Å². The highest BCUT2D eigenvalue weighted by Crippen LogP contribution is 2.21. The van der Waals surface area contributed by atoms with Crippen LogP contribution in [0.15, 0.2) is 6.20 Å². The van der Waals surface area contributed by atoms with Gasteiger partial charge in [0.05, 0.1) is 31.1 Å². The van der Waals surface area contributed by atoms with Crippen molar-refractivity contribution in [1.82, 2.24) is 9.78 Å². The molecule has 2 heterocycles. The second kappa shape index (κ2) is 5.44. The van der Waals surface area contributed by atoms with Gasteiger partial charge in [-0.3, -0.25) is 0 Å². The first-order valence-corrected chi connectivity index (χ1v) is 5.65. The normalized spacial score (nSPS) is 17.2. The van der Waals surface area contributed by atoms with E-state index >= 15 is 0 Å². The van der Waals surface area contributed by atoms with Crippen LogP contribution in [-0.2, 0) is 16.0 Å². The molecule has 17 heavy (non-hydrogen) atoms. The van der Waals surface area contributed by atoms with Gasteiger partial charge < -0.3 is 19.6 Å². The van der Waals surface area contributed by atoms with E-state index in [0.717, 1.165) is 6.42 Å². The highest BCUT2D eigenvalue weighted by molar-refractivity contribution is 6.32. The van der Waals surface area contributed by atoms with Crippen molar-refractivity contribution in [2.45, 2.75) is 25.7 Å². The smallest absolute Gasteiger partial charge is 0.358 e. The van der Waals surface area contributed by atoms with E-state index in [2.05, 4.69) is 5.10 Å². The summed E-state index contributed by atoms with van der Waals surface area (Å²) in [7, 11) is 0. The topological polar surface area (TPSA) is 79.4 Å². The molecule has 1 aliphatic rings. The summed E-state index contributed by atoms with van der Waals surface area (Å²) < 4.78 is 12.1. The Morgan fingerprint density at radius 2 is 2.29 bits per heavy atom. The second-order valence-corrected chi connectivity index (χ2v) is 4.04. The zero-order valence-corrected chi connectivity index (χ0v) is 9.80. The van der Waals surface area contributed by atoms with Gasteiger partial charge in [0.2, 0.25) is 0 Å². The van der Waals surface area contributed by atoms with Crippen molar-refractivity contribution in [3.05, 3.63) is 21.3 Å². The molecule has 94 valence electrons. The molecule has 0 saturated carbocycles. The van der Waals surface area contributed by atoms with E-state index in [9.17, 15) is 10.1 Å². The SMILES string of the molecule is O=[N+]([O-])c1nn(CCC2OCCCO2)cc1Cl. The molecule has 0 radical (unpaired) electrons. The minimum atomic E-state index is -0.605. The number of halogens is 1. The number of ether oxygens (including phenoxy) is 2. The Morgan fingerprint density at radius 1 is 1.59 bits per heavy atom. The lowest BCUT2D eigenvalue weighted by atomic mass is 10.3. The number of aryl methyl sites for hydroxylation is 1. The first kappa shape index (κ1) is 12.3. The fraction of sp³-hybridized carbons (Fsp3) is 0.667. The number of rotatable bonds is 4. The molecule has 0 aliphatic carbocycles. The van der Waals surface area contributed by atoms with E-state index in [0.29, 0.717) is 26.2 Å². The van der Waals surface area contributed by atoms with E-state index in [1.165, 1.54) is 10.9 Å². The lowest BCUT2D eigenvalue weighted by Gasteiger charge is -2.22. The van der Waals surface area contributed by atoms with Gasteiger partial charge in [-0.1, -0.05) is 11.6 Å². The van der Waals surface area contributed by atoms with Gasteiger partial charge in [-0.25, -0.2) is 0 Å². The second-order valence-electron chi connectivity index (χ2n) is 3.63. The molecule has 8 heteroatoms. The quantitative estimate of drug-likeness (QED) is 0.607. The molecule has 1 fully saturated rings. The van der Waals surface area contributed by atoms with Crippen LogP contribution in [0.25, 0.3) is 0 Å². The van der Waals surface area contributed by atoms with Crippen LogP contribution in [0.3, 0.4) is 0 Å². The maximum atomic E-state index is 10.5. The van der Waals surface area contributed by atoms with Gasteiger partial charge in [-0.2, -0.15) is 4.68 Å². The maximum absolute atomic E-state index is 10.5. The molecular formula is C9H12ClN3O4. The summed E-state index contributed by atoms with van der Waals surface area (Å²) >= 11 is 5.67. The summed E-state index contributed by atoms with van der Waals surface area (Å²) in [5, 5.41) is 14.3. The molecule has 1 aromatic rings. The molecule has 1 aromatic heterocycles. The number of hydrogen-bond acceptors (Lipinski definition) is 5. The van der Waals surface area contributed by atoms with Crippen molar-refractivity contribution in [1.29, 1.82) is 0 Å². The summed E-state index contributed by atoms with van der Waals surface area (Å²) in [5.41, 5.74) is 0. The van der Waals surface area contributed by atoms with E-state index < -0.39 is 4.92 Å². The fourth-order valence-electron chi connectivity index (χ4n) is 1.57. The van der Waals surface area contributed by atoms with Crippen LogP contribution in [0.1, 0.15) is 12.8 Å². The van der Waals surface area contributed by atoms with Crippen LogP contribution in [-0.4, -0.2) is 34.2 Å². The van der Waals surface area contributed by atoms with E-state index in [1.54, 1.807) is 0 Å². The Bertz CT molecular complexity index is 403. The summed E-state index contributed by atoms with van der Waals surface area (Å²) in [4.78, 5) is 9.93.